The van der Waals surface area contributed by atoms with Crippen molar-refractivity contribution in [3.05, 3.63) is 0 Å². The zero-order chi connectivity index (χ0) is 15.5. The number of hydrogen-bond donors (Lipinski definition) is 1. The van der Waals surface area contributed by atoms with Crippen LogP contribution in [0.4, 0.5) is 0 Å². The highest BCUT2D eigenvalue weighted by Crippen LogP contribution is 2.29. The molecule has 0 spiro atoms. The van der Waals surface area contributed by atoms with Crippen molar-refractivity contribution in [2.45, 2.75) is 83.8 Å². The summed E-state index contributed by atoms with van der Waals surface area (Å²) < 4.78 is 0. The SMILES string of the molecule is CCC(C#N)(CCCN1CC(C)CC(C)C1C)NC1CC1. The van der Waals surface area contributed by atoms with Gasteiger partial charge in [0, 0.05) is 18.6 Å². The zero-order valence-electron chi connectivity index (χ0n) is 14.4. The number of nitriles is 1. The van der Waals surface area contributed by atoms with Crippen molar-refractivity contribution in [3.8, 4) is 6.07 Å². The minimum Gasteiger partial charge on any atom is -0.300 e. The first kappa shape index (κ1) is 16.8. The maximum absolute atomic E-state index is 9.60. The maximum Gasteiger partial charge on any atom is 0.106 e. The van der Waals surface area contributed by atoms with Crippen LogP contribution in [-0.4, -0.2) is 35.6 Å². The normalized spacial score (nSPS) is 33.4. The molecule has 1 aliphatic heterocycles. The van der Waals surface area contributed by atoms with Gasteiger partial charge in [-0.05, 0) is 63.8 Å². The van der Waals surface area contributed by atoms with Crippen molar-refractivity contribution in [3.63, 3.8) is 0 Å². The molecule has 4 unspecified atom stereocenters. The van der Waals surface area contributed by atoms with Gasteiger partial charge in [0.15, 0.2) is 0 Å². The number of hydrogen-bond acceptors (Lipinski definition) is 3. The topological polar surface area (TPSA) is 39.1 Å². The predicted molar refractivity (Wildman–Crippen MR) is 88.0 cm³/mol. The van der Waals surface area contributed by atoms with Crippen LogP contribution in [0.2, 0.25) is 0 Å². The molecule has 120 valence electrons. The summed E-state index contributed by atoms with van der Waals surface area (Å²) in [6.45, 7) is 11.6. The molecule has 1 saturated carbocycles. The Bertz CT molecular complexity index is 371. The summed E-state index contributed by atoms with van der Waals surface area (Å²) in [4.78, 5) is 2.65. The van der Waals surface area contributed by atoms with Gasteiger partial charge in [0.1, 0.15) is 5.54 Å². The first-order valence-electron chi connectivity index (χ1n) is 8.92. The van der Waals surface area contributed by atoms with Gasteiger partial charge in [-0.2, -0.15) is 5.26 Å². The largest absolute Gasteiger partial charge is 0.300 e. The maximum atomic E-state index is 9.60. The highest BCUT2D eigenvalue weighted by atomic mass is 15.2. The number of rotatable bonds is 7. The highest BCUT2D eigenvalue weighted by molar-refractivity contribution is 5.09. The Hall–Kier alpha value is -0.590. The standard InChI is InChI=1S/C18H33N3/c1-5-18(13-19,20-17-7-8-17)9-6-10-21-12-14(2)11-15(3)16(21)4/h14-17,20H,5-12H2,1-4H3. The molecule has 4 atom stereocenters. The Morgan fingerprint density at radius 3 is 2.57 bits per heavy atom. The van der Waals surface area contributed by atoms with E-state index in [1.165, 1.54) is 25.8 Å². The van der Waals surface area contributed by atoms with Gasteiger partial charge >= 0.3 is 0 Å². The molecule has 2 fully saturated rings. The van der Waals surface area contributed by atoms with E-state index in [1.54, 1.807) is 0 Å². The fourth-order valence-corrected chi connectivity index (χ4v) is 3.85. The molecule has 0 radical (unpaired) electrons. The summed E-state index contributed by atoms with van der Waals surface area (Å²) in [5.41, 5.74) is -0.280. The lowest BCUT2D eigenvalue weighted by molar-refractivity contribution is 0.0764. The van der Waals surface area contributed by atoms with Crippen LogP contribution < -0.4 is 5.32 Å². The Morgan fingerprint density at radius 1 is 1.29 bits per heavy atom. The molecule has 1 saturated heterocycles. The van der Waals surface area contributed by atoms with Crippen LogP contribution in [0.3, 0.4) is 0 Å². The molecular formula is C18H33N3. The molecule has 1 aliphatic carbocycles. The van der Waals surface area contributed by atoms with Gasteiger partial charge in [-0.25, -0.2) is 0 Å². The molecule has 21 heavy (non-hydrogen) atoms. The van der Waals surface area contributed by atoms with Crippen LogP contribution in [0.25, 0.3) is 0 Å². The van der Waals surface area contributed by atoms with Gasteiger partial charge in [0.25, 0.3) is 0 Å². The van der Waals surface area contributed by atoms with Crippen molar-refractivity contribution in [2.24, 2.45) is 11.8 Å². The number of piperidine rings is 1. The van der Waals surface area contributed by atoms with Crippen molar-refractivity contribution in [1.82, 2.24) is 10.2 Å². The molecule has 0 aromatic rings. The summed E-state index contributed by atoms with van der Waals surface area (Å²) in [6.07, 6.45) is 6.90. The van der Waals surface area contributed by atoms with Crippen LogP contribution in [0.1, 0.15) is 66.2 Å². The van der Waals surface area contributed by atoms with Gasteiger partial charge in [0.2, 0.25) is 0 Å². The first-order valence-corrected chi connectivity index (χ1v) is 8.92. The molecule has 2 rings (SSSR count). The molecular weight excluding hydrogens is 258 g/mol. The predicted octanol–water partition coefficient (Wildman–Crippen LogP) is 3.56. The number of nitrogens with one attached hydrogen (secondary N) is 1. The van der Waals surface area contributed by atoms with E-state index in [0.717, 1.165) is 37.6 Å². The lowest BCUT2D eigenvalue weighted by Gasteiger charge is -2.41. The third-order valence-corrected chi connectivity index (χ3v) is 5.64. The molecule has 2 aliphatic rings. The Balaban J connectivity index is 1.82. The lowest BCUT2D eigenvalue weighted by Crippen LogP contribution is -2.48. The summed E-state index contributed by atoms with van der Waals surface area (Å²) >= 11 is 0. The van der Waals surface area contributed by atoms with E-state index in [0.29, 0.717) is 12.1 Å². The summed E-state index contributed by atoms with van der Waals surface area (Å²) in [5.74, 6) is 1.61. The Labute approximate surface area is 131 Å². The molecule has 0 aromatic carbocycles. The molecule has 0 bridgehead atoms. The van der Waals surface area contributed by atoms with Crippen LogP contribution in [0.15, 0.2) is 0 Å². The average molecular weight is 291 g/mol. The summed E-state index contributed by atoms with van der Waals surface area (Å²) in [5, 5.41) is 13.2. The lowest BCUT2D eigenvalue weighted by atomic mass is 9.85. The van der Waals surface area contributed by atoms with Crippen molar-refractivity contribution in [1.29, 1.82) is 5.26 Å². The second kappa shape index (κ2) is 7.11. The van der Waals surface area contributed by atoms with E-state index in [-0.39, 0.29) is 5.54 Å². The van der Waals surface area contributed by atoms with Gasteiger partial charge in [-0.15, -0.1) is 0 Å². The second-order valence-electron chi connectivity index (χ2n) is 7.62. The van der Waals surface area contributed by atoms with Crippen molar-refractivity contribution in [2.75, 3.05) is 13.1 Å². The summed E-state index contributed by atoms with van der Waals surface area (Å²) in [7, 11) is 0. The first-order chi connectivity index (χ1) is 9.99. The van der Waals surface area contributed by atoms with Crippen LogP contribution in [0.5, 0.6) is 0 Å². The monoisotopic (exact) mass is 291 g/mol. The second-order valence-corrected chi connectivity index (χ2v) is 7.62. The third kappa shape index (κ3) is 4.44. The fourth-order valence-electron chi connectivity index (χ4n) is 3.85. The number of likely N-dealkylation sites (tertiary alicyclic amines) is 1. The van der Waals surface area contributed by atoms with Crippen LogP contribution in [0, 0.1) is 23.2 Å². The number of nitrogens with zero attached hydrogens (tertiary/aromatic N) is 2. The molecule has 1 heterocycles. The van der Waals surface area contributed by atoms with Gasteiger partial charge < -0.3 is 4.90 Å². The Morgan fingerprint density at radius 2 is 2.00 bits per heavy atom. The van der Waals surface area contributed by atoms with E-state index >= 15 is 0 Å². The minimum atomic E-state index is -0.280. The average Bonchev–Trinajstić information content (AvgIpc) is 3.26. The quantitative estimate of drug-likeness (QED) is 0.779. The van der Waals surface area contributed by atoms with E-state index in [2.05, 4.69) is 44.0 Å². The van der Waals surface area contributed by atoms with E-state index in [1.807, 2.05) is 0 Å². The molecule has 0 aromatic heterocycles. The molecule has 3 heteroatoms. The summed E-state index contributed by atoms with van der Waals surface area (Å²) in [6, 6.07) is 3.87. The van der Waals surface area contributed by atoms with Gasteiger partial charge in [-0.1, -0.05) is 20.8 Å². The van der Waals surface area contributed by atoms with Crippen LogP contribution in [-0.2, 0) is 0 Å². The van der Waals surface area contributed by atoms with E-state index < -0.39 is 0 Å². The third-order valence-electron chi connectivity index (χ3n) is 5.64. The Kier molecular flexibility index (Phi) is 5.68. The fraction of sp³-hybridized carbons (Fsp3) is 0.944. The van der Waals surface area contributed by atoms with E-state index in [9.17, 15) is 5.26 Å². The molecule has 3 nitrogen and oxygen atoms in total. The van der Waals surface area contributed by atoms with Crippen molar-refractivity contribution >= 4 is 0 Å². The van der Waals surface area contributed by atoms with Gasteiger partial charge in [0.05, 0.1) is 6.07 Å². The molecule has 0 amide bonds. The minimum absolute atomic E-state index is 0.280. The highest BCUT2D eigenvalue weighted by Gasteiger charge is 2.35. The van der Waals surface area contributed by atoms with Crippen LogP contribution >= 0.6 is 0 Å². The van der Waals surface area contributed by atoms with Crippen molar-refractivity contribution < 1.29 is 0 Å². The van der Waals surface area contributed by atoms with Gasteiger partial charge in [-0.3, -0.25) is 5.32 Å². The molecule has 1 N–H and O–H groups in total. The zero-order valence-corrected chi connectivity index (χ0v) is 14.4. The smallest absolute Gasteiger partial charge is 0.106 e. The van der Waals surface area contributed by atoms with E-state index in [4.69, 9.17) is 0 Å².